The van der Waals surface area contributed by atoms with Crippen LogP contribution in [-0.4, -0.2) is 23.3 Å². The lowest BCUT2D eigenvalue weighted by Crippen LogP contribution is -2.15. The number of H-pyrrole nitrogens is 1. The van der Waals surface area contributed by atoms with Crippen LogP contribution < -0.4 is 0 Å². The van der Waals surface area contributed by atoms with Gasteiger partial charge in [0.1, 0.15) is 5.82 Å². The Bertz CT molecular complexity index is 930. The molecular weight excluding hydrogens is 321 g/mol. The summed E-state index contributed by atoms with van der Waals surface area (Å²) < 4.78 is 18.2. The van der Waals surface area contributed by atoms with E-state index in [-0.39, 0.29) is 18.8 Å². The minimum absolute atomic E-state index is 0.0705. The lowest BCUT2D eigenvalue weighted by atomic mass is 10.1. The molecule has 3 aromatic rings. The summed E-state index contributed by atoms with van der Waals surface area (Å²) in [5.74, 6) is -1.24. The highest BCUT2D eigenvalue weighted by Gasteiger charge is 2.15. The number of benzene rings is 2. The second-order valence-corrected chi connectivity index (χ2v) is 5.79. The SMILES string of the molecule is CCc1cccc2c(C(=O)COC(=O)Cc3cccc(F)c3)c[nH]c12. The van der Waals surface area contributed by atoms with Crippen LogP contribution in [0.4, 0.5) is 4.39 Å². The van der Waals surface area contributed by atoms with E-state index in [1.54, 1.807) is 12.3 Å². The molecule has 0 fully saturated rings. The number of halogens is 1. The number of hydrogen-bond acceptors (Lipinski definition) is 3. The third-order valence-electron chi connectivity index (χ3n) is 4.08. The predicted octanol–water partition coefficient (Wildman–Crippen LogP) is 3.84. The van der Waals surface area contributed by atoms with Crippen LogP contribution in [0.3, 0.4) is 0 Å². The van der Waals surface area contributed by atoms with Crippen molar-refractivity contribution < 1.29 is 18.7 Å². The standard InChI is InChI=1S/C20H18FNO3/c1-2-14-6-4-8-16-17(11-22-20(14)16)18(23)12-25-19(24)10-13-5-3-7-15(21)9-13/h3-9,11,22H,2,10,12H2,1H3. The smallest absolute Gasteiger partial charge is 0.310 e. The maximum atomic E-state index is 13.1. The van der Waals surface area contributed by atoms with E-state index in [1.807, 2.05) is 25.1 Å². The number of hydrogen-bond donors (Lipinski definition) is 1. The van der Waals surface area contributed by atoms with Gasteiger partial charge in [-0.3, -0.25) is 9.59 Å². The Morgan fingerprint density at radius 3 is 2.72 bits per heavy atom. The van der Waals surface area contributed by atoms with E-state index in [4.69, 9.17) is 4.74 Å². The fraction of sp³-hybridized carbons (Fsp3) is 0.200. The summed E-state index contributed by atoms with van der Waals surface area (Å²) >= 11 is 0. The van der Waals surface area contributed by atoms with Crippen LogP contribution in [0, 0.1) is 5.82 Å². The Labute approximate surface area is 144 Å². The van der Waals surface area contributed by atoms with Crippen molar-refractivity contribution in [3.63, 3.8) is 0 Å². The summed E-state index contributed by atoms with van der Waals surface area (Å²) in [6.45, 7) is 1.71. The molecule has 0 unspecified atom stereocenters. The molecule has 0 spiro atoms. The molecule has 0 amide bonds. The number of aromatic amines is 1. The first-order valence-corrected chi connectivity index (χ1v) is 8.10. The Morgan fingerprint density at radius 1 is 1.16 bits per heavy atom. The molecule has 0 aliphatic rings. The summed E-state index contributed by atoms with van der Waals surface area (Å²) in [4.78, 5) is 27.3. The number of nitrogens with one attached hydrogen (secondary N) is 1. The van der Waals surface area contributed by atoms with Crippen molar-refractivity contribution in [2.45, 2.75) is 19.8 Å². The number of fused-ring (bicyclic) bond motifs is 1. The summed E-state index contributed by atoms with van der Waals surface area (Å²) in [6, 6.07) is 11.5. The predicted molar refractivity (Wildman–Crippen MR) is 93.1 cm³/mol. The molecule has 1 heterocycles. The van der Waals surface area contributed by atoms with Crippen molar-refractivity contribution in [2.24, 2.45) is 0 Å². The number of carbonyl (C=O) groups is 2. The molecule has 25 heavy (non-hydrogen) atoms. The molecule has 5 heteroatoms. The summed E-state index contributed by atoms with van der Waals surface area (Å²) in [6.07, 6.45) is 2.43. The van der Waals surface area contributed by atoms with Crippen LogP contribution in [0.25, 0.3) is 10.9 Å². The fourth-order valence-corrected chi connectivity index (χ4v) is 2.83. The lowest BCUT2D eigenvalue weighted by Gasteiger charge is -2.05. The van der Waals surface area contributed by atoms with E-state index in [0.717, 1.165) is 22.9 Å². The highest BCUT2D eigenvalue weighted by molar-refractivity contribution is 6.09. The fourth-order valence-electron chi connectivity index (χ4n) is 2.83. The molecule has 0 saturated heterocycles. The first-order valence-electron chi connectivity index (χ1n) is 8.10. The highest BCUT2D eigenvalue weighted by Crippen LogP contribution is 2.22. The first-order chi connectivity index (χ1) is 12.1. The van der Waals surface area contributed by atoms with Gasteiger partial charge in [0.05, 0.1) is 6.42 Å². The van der Waals surface area contributed by atoms with Crippen LogP contribution in [0.5, 0.6) is 0 Å². The Balaban J connectivity index is 1.66. The number of carbonyl (C=O) groups excluding carboxylic acids is 2. The summed E-state index contributed by atoms with van der Waals surface area (Å²) in [5, 5.41) is 0.825. The van der Waals surface area contributed by atoms with E-state index < -0.39 is 11.8 Å². The molecule has 0 aliphatic heterocycles. The van der Waals surface area contributed by atoms with E-state index in [9.17, 15) is 14.0 Å². The molecule has 0 radical (unpaired) electrons. The van der Waals surface area contributed by atoms with Gasteiger partial charge in [0.15, 0.2) is 6.61 Å². The zero-order valence-corrected chi connectivity index (χ0v) is 13.8. The van der Waals surface area contributed by atoms with Crippen molar-refractivity contribution in [3.8, 4) is 0 Å². The van der Waals surface area contributed by atoms with E-state index in [1.165, 1.54) is 18.2 Å². The number of aromatic nitrogens is 1. The molecule has 0 bridgehead atoms. The molecule has 4 nitrogen and oxygen atoms in total. The van der Waals surface area contributed by atoms with Gasteiger partial charge in [0.2, 0.25) is 5.78 Å². The molecule has 1 N–H and O–H groups in total. The molecule has 0 aliphatic carbocycles. The van der Waals surface area contributed by atoms with Crippen LogP contribution in [0.1, 0.15) is 28.4 Å². The topological polar surface area (TPSA) is 59.2 Å². The normalized spacial score (nSPS) is 10.8. The molecule has 0 saturated carbocycles. The second-order valence-electron chi connectivity index (χ2n) is 5.79. The van der Waals surface area contributed by atoms with Gasteiger partial charge in [0, 0.05) is 22.7 Å². The van der Waals surface area contributed by atoms with Crippen molar-refractivity contribution in [2.75, 3.05) is 6.61 Å². The average molecular weight is 339 g/mol. The molecule has 128 valence electrons. The van der Waals surface area contributed by atoms with Crippen LogP contribution in [-0.2, 0) is 22.4 Å². The minimum Gasteiger partial charge on any atom is -0.457 e. The average Bonchev–Trinajstić information content (AvgIpc) is 3.04. The molecule has 0 atom stereocenters. The van der Waals surface area contributed by atoms with Gasteiger partial charge in [-0.25, -0.2) is 4.39 Å². The van der Waals surface area contributed by atoms with Gasteiger partial charge in [-0.05, 0) is 29.7 Å². The van der Waals surface area contributed by atoms with Crippen LogP contribution in [0.15, 0.2) is 48.7 Å². The zero-order valence-electron chi connectivity index (χ0n) is 13.8. The second kappa shape index (κ2) is 7.30. The largest absolute Gasteiger partial charge is 0.457 e. The van der Waals surface area contributed by atoms with Gasteiger partial charge in [-0.15, -0.1) is 0 Å². The number of Topliss-reactive ketones (excluding diaryl/α,β-unsaturated/α-hetero) is 1. The number of ketones is 1. The van der Waals surface area contributed by atoms with Gasteiger partial charge >= 0.3 is 5.97 Å². The number of rotatable bonds is 6. The maximum Gasteiger partial charge on any atom is 0.310 e. The molecule has 1 aromatic heterocycles. The third kappa shape index (κ3) is 3.76. The highest BCUT2D eigenvalue weighted by atomic mass is 19.1. The Morgan fingerprint density at radius 2 is 1.96 bits per heavy atom. The van der Waals surface area contributed by atoms with Crippen molar-refractivity contribution in [1.29, 1.82) is 0 Å². The minimum atomic E-state index is -0.562. The number of para-hydroxylation sites is 1. The molecular formula is C20H18FNO3. The maximum absolute atomic E-state index is 13.1. The van der Waals surface area contributed by atoms with Gasteiger partial charge in [-0.1, -0.05) is 37.3 Å². The van der Waals surface area contributed by atoms with Gasteiger partial charge < -0.3 is 9.72 Å². The van der Waals surface area contributed by atoms with Gasteiger partial charge in [0.25, 0.3) is 0 Å². The van der Waals surface area contributed by atoms with E-state index >= 15 is 0 Å². The zero-order chi connectivity index (χ0) is 17.8. The van der Waals surface area contributed by atoms with E-state index in [0.29, 0.717) is 11.1 Å². The van der Waals surface area contributed by atoms with Crippen LogP contribution in [0.2, 0.25) is 0 Å². The molecule has 3 rings (SSSR count). The van der Waals surface area contributed by atoms with Crippen molar-refractivity contribution >= 4 is 22.7 Å². The summed E-state index contributed by atoms with van der Waals surface area (Å²) in [5.41, 5.74) is 3.07. The third-order valence-corrected chi connectivity index (χ3v) is 4.08. The van der Waals surface area contributed by atoms with E-state index in [2.05, 4.69) is 4.98 Å². The summed E-state index contributed by atoms with van der Waals surface area (Å²) in [7, 11) is 0. The van der Waals surface area contributed by atoms with Crippen molar-refractivity contribution in [3.05, 3.63) is 71.2 Å². The Hall–Kier alpha value is -2.95. The van der Waals surface area contributed by atoms with Crippen molar-refractivity contribution in [1.82, 2.24) is 4.98 Å². The number of ether oxygens (including phenoxy) is 1. The quantitative estimate of drug-likeness (QED) is 0.548. The van der Waals surface area contributed by atoms with Gasteiger partial charge in [-0.2, -0.15) is 0 Å². The number of esters is 1. The lowest BCUT2D eigenvalue weighted by molar-refractivity contribution is -0.141. The monoisotopic (exact) mass is 339 g/mol. The number of aryl methyl sites for hydroxylation is 1. The van der Waals surface area contributed by atoms with Crippen LogP contribution >= 0.6 is 0 Å². The molecule has 2 aromatic carbocycles. The first kappa shape index (κ1) is 16.9. The Kier molecular flexibility index (Phi) is 4.93.